The molecule has 24 heavy (non-hydrogen) atoms. The summed E-state index contributed by atoms with van der Waals surface area (Å²) in [7, 11) is 0. The molecule has 1 aliphatic heterocycles. The Bertz CT molecular complexity index is 654. The molecule has 7 heteroatoms. The minimum atomic E-state index is -0.654. The smallest absolute Gasteiger partial charge is 0.151 e. The van der Waals surface area contributed by atoms with Gasteiger partial charge < -0.3 is 14.7 Å². The molecule has 0 unspecified atom stereocenters. The lowest BCUT2D eigenvalue weighted by Gasteiger charge is -2.32. The Balaban J connectivity index is 1.68. The first-order valence-corrected chi connectivity index (χ1v) is 7.94. The van der Waals surface area contributed by atoms with E-state index in [2.05, 4.69) is 15.1 Å². The monoisotopic (exact) mass is 335 g/mol. The summed E-state index contributed by atoms with van der Waals surface area (Å²) in [6.07, 6.45) is 1.82. The Labute approximate surface area is 138 Å². The van der Waals surface area contributed by atoms with Crippen molar-refractivity contribution in [2.45, 2.75) is 18.9 Å². The van der Waals surface area contributed by atoms with Crippen molar-refractivity contribution >= 4 is 5.82 Å². The Morgan fingerprint density at radius 2 is 1.79 bits per heavy atom. The maximum atomic E-state index is 13.8. The number of ether oxygens (including phenoxy) is 1. The second-order valence-electron chi connectivity index (χ2n) is 5.65. The highest BCUT2D eigenvalue weighted by Gasteiger charge is 2.21. The number of rotatable bonds is 5. The standard InChI is InChI=1S/C17H19F2N3O2/c18-13-2-1-3-14(19)17(13)15-4-5-16(21-20-15)22-8-6-12(7-9-22)24-11-10-23/h1-5,12,23H,6-11H2. The van der Waals surface area contributed by atoms with E-state index in [0.717, 1.165) is 25.9 Å². The van der Waals surface area contributed by atoms with Gasteiger partial charge >= 0.3 is 0 Å². The van der Waals surface area contributed by atoms with Gasteiger partial charge in [-0.15, -0.1) is 10.2 Å². The van der Waals surface area contributed by atoms with Gasteiger partial charge in [-0.3, -0.25) is 0 Å². The number of anilines is 1. The molecule has 1 aromatic heterocycles. The molecular weight excluding hydrogens is 316 g/mol. The molecule has 0 spiro atoms. The first-order chi connectivity index (χ1) is 11.7. The lowest BCUT2D eigenvalue weighted by Crippen LogP contribution is -2.37. The van der Waals surface area contributed by atoms with Crippen molar-refractivity contribution in [3.05, 3.63) is 42.0 Å². The quantitative estimate of drug-likeness (QED) is 0.909. The number of hydrogen-bond donors (Lipinski definition) is 1. The van der Waals surface area contributed by atoms with Crippen LogP contribution in [-0.4, -0.2) is 47.7 Å². The molecule has 1 N–H and O–H groups in total. The van der Waals surface area contributed by atoms with Gasteiger partial charge in [-0.05, 0) is 37.1 Å². The molecule has 1 saturated heterocycles. The highest BCUT2D eigenvalue weighted by atomic mass is 19.1. The highest BCUT2D eigenvalue weighted by molar-refractivity contribution is 5.61. The highest BCUT2D eigenvalue weighted by Crippen LogP contribution is 2.25. The molecule has 0 atom stereocenters. The molecule has 2 heterocycles. The van der Waals surface area contributed by atoms with E-state index >= 15 is 0 Å². The summed E-state index contributed by atoms with van der Waals surface area (Å²) >= 11 is 0. The van der Waals surface area contributed by atoms with Crippen LogP contribution in [0.4, 0.5) is 14.6 Å². The molecular formula is C17H19F2N3O2. The molecule has 0 radical (unpaired) electrons. The molecule has 1 fully saturated rings. The predicted molar refractivity (Wildman–Crippen MR) is 85.7 cm³/mol. The van der Waals surface area contributed by atoms with Gasteiger partial charge in [0, 0.05) is 13.1 Å². The van der Waals surface area contributed by atoms with Gasteiger partial charge in [0.15, 0.2) is 5.82 Å². The van der Waals surface area contributed by atoms with Crippen LogP contribution in [0.5, 0.6) is 0 Å². The first kappa shape index (κ1) is 16.7. The Hall–Kier alpha value is -2.12. The van der Waals surface area contributed by atoms with Crippen molar-refractivity contribution in [2.24, 2.45) is 0 Å². The van der Waals surface area contributed by atoms with E-state index in [1.807, 2.05) is 0 Å². The second-order valence-corrected chi connectivity index (χ2v) is 5.65. The maximum absolute atomic E-state index is 13.8. The number of benzene rings is 1. The molecule has 128 valence electrons. The Kier molecular flexibility index (Phi) is 5.32. The summed E-state index contributed by atoms with van der Waals surface area (Å²) < 4.78 is 33.1. The van der Waals surface area contributed by atoms with Gasteiger partial charge in [0.2, 0.25) is 0 Å². The summed E-state index contributed by atoms with van der Waals surface area (Å²) in [6.45, 7) is 1.91. The number of piperidine rings is 1. The Morgan fingerprint density at radius 3 is 2.38 bits per heavy atom. The zero-order valence-corrected chi connectivity index (χ0v) is 13.2. The third-order valence-electron chi connectivity index (χ3n) is 4.08. The van der Waals surface area contributed by atoms with Crippen LogP contribution >= 0.6 is 0 Å². The van der Waals surface area contributed by atoms with E-state index in [0.29, 0.717) is 12.4 Å². The fourth-order valence-electron chi connectivity index (χ4n) is 2.84. The molecule has 3 rings (SSSR count). The van der Waals surface area contributed by atoms with Crippen molar-refractivity contribution in [1.29, 1.82) is 0 Å². The summed E-state index contributed by atoms with van der Waals surface area (Å²) in [5.41, 5.74) is 0.0168. The van der Waals surface area contributed by atoms with Crippen LogP contribution in [-0.2, 0) is 4.74 Å². The van der Waals surface area contributed by atoms with Crippen molar-refractivity contribution in [2.75, 3.05) is 31.2 Å². The summed E-state index contributed by atoms with van der Waals surface area (Å²) in [4.78, 5) is 2.06. The Morgan fingerprint density at radius 1 is 1.08 bits per heavy atom. The van der Waals surface area contributed by atoms with Crippen molar-refractivity contribution in [3.63, 3.8) is 0 Å². The minimum absolute atomic E-state index is 0.0275. The second kappa shape index (κ2) is 7.63. The van der Waals surface area contributed by atoms with Crippen LogP contribution in [0.1, 0.15) is 12.8 Å². The number of hydrogen-bond acceptors (Lipinski definition) is 5. The number of aromatic nitrogens is 2. The van der Waals surface area contributed by atoms with Gasteiger partial charge in [0.25, 0.3) is 0 Å². The summed E-state index contributed by atoms with van der Waals surface area (Å²) in [5.74, 6) is -0.631. The summed E-state index contributed by atoms with van der Waals surface area (Å²) in [6, 6.07) is 7.02. The van der Waals surface area contributed by atoms with E-state index in [1.54, 1.807) is 12.1 Å². The summed E-state index contributed by atoms with van der Waals surface area (Å²) in [5, 5.41) is 16.9. The average molecular weight is 335 g/mol. The van der Waals surface area contributed by atoms with Crippen LogP contribution < -0.4 is 4.90 Å². The van der Waals surface area contributed by atoms with Crippen molar-refractivity contribution < 1.29 is 18.6 Å². The molecule has 5 nitrogen and oxygen atoms in total. The van der Waals surface area contributed by atoms with Gasteiger partial charge in [0.1, 0.15) is 11.6 Å². The molecule has 0 bridgehead atoms. The van der Waals surface area contributed by atoms with Crippen LogP contribution in [0.2, 0.25) is 0 Å². The predicted octanol–water partition coefficient (Wildman–Crippen LogP) is 2.40. The van der Waals surface area contributed by atoms with Crippen LogP contribution in [0, 0.1) is 11.6 Å². The zero-order chi connectivity index (χ0) is 16.9. The molecule has 0 aliphatic carbocycles. The zero-order valence-electron chi connectivity index (χ0n) is 13.2. The van der Waals surface area contributed by atoms with Gasteiger partial charge in [-0.1, -0.05) is 6.07 Å². The number of aliphatic hydroxyl groups excluding tert-OH is 1. The lowest BCUT2D eigenvalue weighted by atomic mass is 10.1. The number of halogens is 2. The topological polar surface area (TPSA) is 58.5 Å². The fourth-order valence-corrected chi connectivity index (χ4v) is 2.84. The molecule has 0 amide bonds. The van der Waals surface area contributed by atoms with Gasteiger partial charge in [0.05, 0.1) is 30.6 Å². The fraction of sp³-hybridized carbons (Fsp3) is 0.412. The normalized spacial score (nSPS) is 15.7. The molecule has 0 saturated carbocycles. The largest absolute Gasteiger partial charge is 0.394 e. The van der Waals surface area contributed by atoms with Crippen LogP contribution in [0.25, 0.3) is 11.3 Å². The molecule has 2 aromatic rings. The van der Waals surface area contributed by atoms with E-state index in [9.17, 15) is 8.78 Å². The lowest BCUT2D eigenvalue weighted by molar-refractivity contribution is 0.0158. The third-order valence-corrected chi connectivity index (χ3v) is 4.08. The van der Waals surface area contributed by atoms with Crippen LogP contribution in [0.15, 0.2) is 30.3 Å². The van der Waals surface area contributed by atoms with Crippen molar-refractivity contribution in [3.8, 4) is 11.3 Å². The molecule has 1 aliphatic rings. The molecule has 1 aromatic carbocycles. The van der Waals surface area contributed by atoms with E-state index in [4.69, 9.17) is 9.84 Å². The van der Waals surface area contributed by atoms with Crippen LogP contribution in [0.3, 0.4) is 0 Å². The van der Waals surface area contributed by atoms with E-state index in [-0.39, 0.29) is 24.0 Å². The third kappa shape index (κ3) is 3.68. The van der Waals surface area contributed by atoms with Gasteiger partial charge in [-0.25, -0.2) is 8.78 Å². The van der Waals surface area contributed by atoms with Crippen molar-refractivity contribution in [1.82, 2.24) is 10.2 Å². The van der Waals surface area contributed by atoms with E-state index < -0.39 is 11.6 Å². The first-order valence-electron chi connectivity index (χ1n) is 7.94. The number of aliphatic hydroxyl groups is 1. The van der Waals surface area contributed by atoms with E-state index in [1.165, 1.54) is 18.2 Å². The maximum Gasteiger partial charge on any atom is 0.151 e. The number of nitrogens with zero attached hydrogens (tertiary/aromatic N) is 3. The van der Waals surface area contributed by atoms with Gasteiger partial charge in [-0.2, -0.15) is 0 Å². The SMILES string of the molecule is OCCOC1CCN(c2ccc(-c3c(F)cccc3F)nn2)CC1. The minimum Gasteiger partial charge on any atom is -0.394 e. The average Bonchev–Trinajstić information content (AvgIpc) is 2.61.